The van der Waals surface area contributed by atoms with Gasteiger partial charge in [0.05, 0.1) is 19.3 Å². The molecule has 1 aliphatic rings. The van der Waals surface area contributed by atoms with Gasteiger partial charge in [-0.1, -0.05) is 18.2 Å². The van der Waals surface area contributed by atoms with Crippen LogP contribution in [0.4, 0.5) is 0 Å². The van der Waals surface area contributed by atoms with E-state index in [9.17, 15) is 5.11 Å². The second kappa shape index (κ2) is 6.28. The van der Waals surface area contributed by atoms with Crippen LogP contribution in [0.15, 0.2) is 24.3 Å². The molecule has 0 bridgehead atoms. The van der Waals surface area contributed by atoms with Crippen LogP contribution in [0.1, 0.15) is 18.6 Å². The Bertz CT molecular complexity index is 350. The van der Waals surface area contributed by atoms with E-state index >= 15 is 0 Å². The van der Waals surface area contributed by atoms with Crippen molar-refractivity contribution < 1.29 is 14.6 Å². The fourth-order valence-electron chi connectivity index (χ4n) is 1.90. The Balaban J connectivity index is 2.14. The second-order valence-corrected chi connectivity index (χ2v) is 5.05. The van der Waals surface area contributed by atoms with E-state index in [0.717, 1.165) is 22.8 Å². The molecule has 1 heterocycles. The zero-order chi connectivity index (χ0) is 12.1. The third-order valence-electron chi connectivity index (χ3n) is 2.73. The van der Waals surface area contributed by atoms with Crippen molar-refractivity contribution >= 4 is 11.8 Å². The largest absolute Gasteiger partial charge is 0.493 e. The maximum Gasteiger partial charge on any atom is 0.125 e. The Morgan fingerprint density at radius 1 is 1.53 bits per heavy atom. The van der Waals surface area contributed by atoms with E-state index in [1.807, 2.05) is 43.0 Å². The highest BCUT2D eigenvalue weighted by Crippen LogP contribution is 2.31. The predicted molar refractivity (Wildman–Crippen MR) is 69.6 cm³/mol. The minimum Gasteiger partial charge on any atom is -0.493 e. The van der Waals surface area contributed by atoms with Crippen LogP contribution in [-0.2, 0) is 4.74 Å². The van der Waals surface area contributed by atoms with Gasteiger partial charge in [0, 0.05) is 17.1 Å². The fraction of sp³-hybridized carbons (Fsp3) is 0.538. The van der Waals surface area contributed by atoms with Gasteiger partial charge < -0.3 is 14.6 Å². The summed E-state index contributed by atoms with van der Waals surface area (Å²) in [6.07, 6.45) is -0.735. The fourth-order valence-corrected chi connectivity index (χ4v) is 2.79. The molecule has 0 amide bonds. The van der Waals surface area contributed by atoms with Gasteiger partial charge in [-0.25, -0.2) is 0 Å². The number of hydrogen-bond donors (Lipinski definition) is 1. The Labute approximate surface area is 106 Å². The van der Waals surface area contributed by atoms with E-state index in [2.05, 4.69) is 0 Å². The summed E-state index contributed by atoms with van der Waals surface area (Å²) >= 11 is 1.82. The lowest BCUT2D eigenvalue weighted by Crippen LogP contribution is -2.29. The molecule has 2 unspecified atom stereocenters. The Morgan fingerprint density at radius 2 is 2.35 bits per heavy atom. The molecule has 1 N–H and O–H groups in total. The lowest BCUT2D eigenvalue weighted by molar-refractivity contribution is -0.0237. The molecule has 4 heteroatoms. The van der Waals surface area contributed by atoms with E-state index in [-0.39, 0.29) is 6.10 Å². The van der Waals surface area contributed by atoms with Gasteiger partial charge in [0.25, 0.3) is 0 Å². The summed E-state index contributed by atoms with van der Waals surface area (Å²) in [6.45, 7) is 3.25. The normalized spacial score (nSPS) is 22.1. The first-order valence-electron chi connectivity index (χ1n) is 5.92. The highest BCUT2D eigenvalue weighted by molar-refractivity contribution is 7.99. The molecule has 0 saturated carbocycles. The first-order valence-corrected chi connectivity index (χ1v) is 7.07. The molecule has 0 spiro atoms. The predicted octanol–water partition coefficient (Wildman–Crippen LogP) is 2.25. The van der Waals surface area contributed by atoms with Gasteiger partial charge >= 0.3 is 0 Å². The van der Waals surface area contributed by atoms with Crippen LogP contribution in [0.2, 0.25) is 0 Å². The number of aliphatic hydroxyl groups excluding tert-OH is 1. The molecule has 0 aromatic heterocycles. The molecule has 1 aromatic carbocycles. The lowest BCUT2D eigenvalue weighted by Gasteiger charge is -2.27. The number of rotatable bonds is 4. The minimum atomic E-state index is -0.606. The third kappa shape index (κ3) is 3.15. The minimum absolute atomic E-state index is 0.129. The summed E-state index contributed by atoms with van der Waals surface area (Å²) < 4.78 is 11.1. The number of para-hydroxylation sites is 1. The first-order chi connectivity index (χ1) is 8.33. The van der Waals surface area contributed by atoms with E-state index in [0.29, 0.717) is 13.2 Å². The highest BCUT2D eigenvalue weighted by Gasteiger charge is 2.26. The smallest absolute Gasteiger partial charge is 0.125 e. The molecule has 94 valence electrons. The van der Waals surface area contributed by atoms with Crippen LogP contribution in [0.3, 0.4) is 0 Å². The van der Waals surface area contributed by atoms with Crippen molar-refractivity contribution in [2.45, 2.75) is 19.1 Å². The van der Waals surface area contributed by atoms with Gasteiger partial charge in [0.15, 0.2) is 0 Å². The van der Waals surface area contributed by atoms with Crippen molar-refractivity contribution in [3.8, 4) is 5.75 Å². The van der Waals surface area contributed by atoms with Crippen molar-refractivity contribution in [3.05, 3.63) is 29.8 Å². The molecule has 2 rings (SSSR count). The van der Waals surface area contributed by atoms with Gasteiger partial charge in [0.2, 0.25) is 0 Å². The molecular weight excluding hydrogens is 236 g/mol. The Hall–Kier alpha value is -0.710. The molecule has 17 heavy (non-hydrogen) atoms. The number of aliphatic hydroxyl groups is 1. The van der Waals surface area contributed by atoms with Gasteiger partial charge in [-0.05, 0) is 13.0 Å². The topological polar surface area (TPSA) is 38.7 Å². The highest BCUT2D eigenvalue weighted by atomic mass is 32.2. The van der Waals surface area contributed by atoms with Crippen molar-refractivity contribution in [3.63, 3.8) is 0 Å². The molecule has 1 aromatic rings. The summed E-state index contributed by atoms with van der Waals surface area (Å²) in [6, 6.07) is 7.62. The molecule has 1 fully saturated rings. The quantitative estimate of drug-likeness (QED) is 0.894. The average molecular weight is 254 g/mol. The summed E-state index contributed by atoms with van der Waals surface area (Å²) in [7, 11) is 0. The number of hydrogen-bond acceptors (Lipinski definition) is 4. The maximum atomic E-state index is 10.3. The van der Waals surface area contributed by atoms with E-state index in [1.165, 1.54) is 0 Å². The van der Waals surface area contributed by atoms with Crippen molar-refractivity contribution in [1.82, 2.24) is 0 Å². The summed E-state index contributed by atoms with van der Waals surface area (Å²) in [5.74, 6) is 2.60. The summed E-state index contributed by atoms with van der Waals surface area (Å²) in [5, 5.41) is 10.3. The standard InChI is InChI=1S/C13H18O3S/c1-2-15-11-6-4-3-5-10(11)13(14)12-9-17-8-7-16-12/h3-6,12-14H,2,7-9H2,1H3. The Kier molecular flexibility index (Phi) is 4.71. The van der Waals surface area contributed by atoms with Crippen LogP contribution >= 0.6 is 11.8 Å². The van der Waals surface area contributed by atoms with Crippen LogP contribution in [-0.4, -0.2) is 35.9 Å². The molecule has 0 aliphatic carbocycles. The molecule has 1 saturated heterocycles. The summed E-state index contributed by atoms with van der Waals surface area (Å²) in [5.41, 5.74) is 0.821. The molecule has 3 nitrogen and oxygen atoms in total. The molecular formula is C13H18O3S. The van der Waals surface area contributed by atoms with Crippen molar-refractivity contribution in [2.75, 3.05) is 24.7 Å². The first kappa shape index (κ1) is 12.7. The maximum absolute atomic E-state index is 10.3. The van der Waals surface area contributed by atoms with Gasteiger partial charge in [-0.3, -0.25) is 0 Å². The Morgan fingerprint density at radius 3 is 3.06 bits per heavy atom. The van der Waals surface area contributed by atoms with Crippen LogP contribution in [0.25, 0.3) is 0 Å². The van der Waals surface area contributed by atoms with E-state index < -0.39 is 6.10 Å². The van der Waals surface area contributed by atoms with Crippen LogP contribution in [0.5, 0.6) is 5.75 Å². The molecule has 2 atom stereocenters. The van der Waals surface area contributed by atoms with E-state index in [4.69, 9.17) is 9.47 Å². The van der Waals surface area contributed by atoms with E-state index in [1.54, 1.807) is 0 Å². The SMILES string of the molecule is CCOc1ccccc1C(O)C1CSCCO1. The van der Waals surface area contributed by atoms with Crippen LogP contribution < -0.4 is 4.74 Å². The number of thioether (sulfide) groups is 1. The zero-order valence-electron chi connectivity index (χ0n) is 9.96. The van der Waals surface area contributed by atoms with Crippen molar-refractivity contribution in [2.24, 2.45) is 0 Å². The molecule has 0 radical (unpaired) electrons. The third-order valence-corrected chi connectivity index (χ3v) is 3.75. The second-order valence-electron chi connectivity index (χ2n) is 3.90. The van der Waals surface area contributed by atoms with Crippen LogP contribution in [0, 0.1) is 0 Å². The monoisotopic (exact) mass is 254 g/mol. The average Bonchev–Trinajstić information content (AvgIpc) is 2.40. The van der Waals surface area contributed by atoms with Gasteiger partial charge in [-0.2, -0.15) is 11.8 Å². The zero-order valence-corrected chi connectivity index (χ0v) is 10.8. The lowest BCUT2D eigenvalue weighted by atomic mass is 10.0. The molecule has 1 aliphatic heterocycles. The summed E-state index contributed by atoms with van der Waals surface area (Å²) in [4.78, 5) is 0. The van der Waals surface area contributed by atoms with Crippen molar-refractivity contribution in [1.29, 1.82) is 0 Å². The van der Waals surface area contributed by atoms with Gasteiger partial charge in [-0.15, -0.1) is 0 Å². The number of benzene rings is 1. The van der Waals surface area contributed by atoms with Gasteiger partial charge in [0.1, 0.15) is 11.9 Å². The number of ether oxygens (including phenoxy) is 2.